The summed E-state index contributed by atoms with van der Waals surface area (Å²) in [7, 11) is 5.49. The van der Waals surface area contributed by atoms with Crippen molar-refractivity contribution in [1.82, 2.24) is 0 Å². The van der Waals surface area contributed by atoms with Crippen LogP contribution in [0.1, 0.15) is 16.7 Å². The molecule has 0 aliphatic carbocycles. The number of likely N-dealkylation sites (N-methyl/N-ethyl adjacent to an activating group) is 1. The molecule has 1 atom stereocenters. The van der Waals surface area contributed by atoms with Gasteiger partial charge in [-0.15, -0.1) is 0 Å². The van der Waals surface area contributed by atoms with Gasteiger partial charge in [-0.2, -0.15) is 0 Å². The number of aryl methyl sites for hydroxylation is 1. The molecule has 6 heteroatoms. The first kappa shape index (κ1) is 19.3. The summed E-state index contributed by atoms with van der Waals surface area (Å²) >= 11 is 0. The van der Waals surface area contributed by atoms with E-state index in [2.05, 4.69) is 19.2 Å². The Morgan fingerprint density at radius 1 is 1.07 bits per heavy atom. The molecule has 0 radical (unpaired) electrons. The Bertz CT molecular complexity index is 1120. The van der Waals surface area contributed by atoms with E-state index in [1.54, 1.807) is 14.2 Å². The van der Waals surface area contributed by atoms with Gasteiger partial charge in [0.05, 0.1) is 27.8 Å². The van der Waals surface area contributed by atoms with E-state index in [9.17, 15) is 4.79 Å². The van der Waals surface area contributed by atoms with Crippen molar-refractivity contribution in [2.75, 3.05) is 34.5 Å². The van der Waals surface area contributed by atoms with Gasteiger partial charge in [-0.3, -0.25) is 4.48 Å². The second kappa shape index (κ2) is 7.44. The number of methoxy groups -OCH3 is 2. The highest BCUT2D eigenvalue weighted by Crippen LogP contribution is 2.34. The highest BCUT2D eigenvalue weighted by atomic mass is 16.5. The molecule has 0 spiro atoms. The summed E-state index contributed by atoms with van der Waals surface area (Å²) < 4.78 is 22.9. The zero-order chi connectivity index (χ0) is 20.6. The van der Waals surface area contributed by atoms with E-state index in [-0.39, 0.29) is 5.63 Å². The molecular formula is C23H26NO5+. The Labute approximate surface area is 169 Å². The molecule has 0 saturated heterocycles. The number of nitrogens with zero attached hydrogens (tertiary/aromatic N) is 1. The second-order valence-corrected chi connectivity index (χ2v) is 7.92. The first-order valence-corrected chi connectivity index (χ1v) is 9.65. The fourth-order valence-corrected chi connectivity index (χ4v) is 3.91. The molecule has 0 amide bonds. The summed E-state index contributed by atoms with van der Waals surface area (Å²) in [5, 5.41) is 0.959. The van der Waals surface area contributed by atoms with E-state index < -0.39 is 0 Å². The summed E-state index contributed by atoms with van der Waals surface area (Å²) in [4.78, 5) is 11.7. The lowest BCUT2D eigenvalue weighted by Gasteiger charge is -2.38. The number of ether oxygens (including phenoxy) is 3. The lowest BCUT2D eigenvalue weighted by molar-refractivity contribution is -0.939. The Kier molecular flexibility index (Phi) is 4.96. The third-order valence-corrected chi connectivity index (χ3v) is 5.60. The van der Waals surface area contributed by atoms with Crippen LogP contribution in [-0.2, 0) is 13.0 Å². The maximum atomic E-state index is 11.7. The molecule has 1 aromatic heterocycles. The molecule has 0 bridgehead atoms. The smallest absolute Gasteiger partial charge is 0.336 e. The maximum Gasteiger partial charge on any atom is 0.336 e. The predicted octanol–water partition coefficient (Wildman–Crippen LogP) is 3.66. The third kappa shape index (κ3) is 3.80. The highest BCUT2D eigenvalue weighted by Gasteiger charge is 2.30. The summed E-state index contributed by atoms with van der Waals surface area (Å²) in [6.07, 6.45) is 0.900. The normalized spacial score (nSPS) is 18.2. The molecule has 1 aliphatic rings. The fourth-order valence-electron chi connectivity index (χ4n) is 3.91. The standard InChI is InChI=1S/C23H26NO5/c1-15-9-23(25)29-21-12-20-17(11-18(15)21)13-24(2,14-28-20)8-7-16-5-6-19(26-3)22(10-16)27-4/h5-6,9-12H,7-8,13-14H2,1-4H3/q+1. The van der Waals surface area contributed by atoms with Crippen LogP contribution in [0.2, 0.25) is 0 Å². The van der Waals surface area contributed by atoms with Crippen LogP contribution in [0.4, 0.5) is 0 Å². The Balaban J connectivity index is 1.55. The molecule has 1 unspecified atom stereocenters. The van der Waals surface area contributed by atoms with Gasteiger partial charge in [0.2, 0.25) is 6.73 Å². The second-order valence-electron chi connectivity index (χ2n) is 7.92. The number of hydrogen-bond acceptors (Lipinski definition) is 5. The molecule has 3 aromatic rings. The lowest BCUT2D eigenvalue weighted by atomic mass is 10.0. The minimum Gasteiger partial charge on any atom is -0.493 e. The molecule has 0 N–H and O–H groups in total. The first-order chi connectivity index (χ1) is 13.9. The molecule has 0 saturated carbocycles. The van der Waals surface area contributed by atoms with Gasteiger partial charge in [-0.1, -0.05) is 6.07 Å². The van der Waals surface area contributed by atoms with Crippen LogP contribution in [0.5, 0.6) is 17.2 Å². The minimum atomic E-state index is -0.332. The number of hydrogen-bond donors (Lipinski definition) is 0. The monoisotopic (exact) mass is 396 g/mol. The minimum absolute atomic E-state index is 0.332. The van der Waals surface area contributed by atoms with Crippen LogP contribution < -0.4 is 19.8 Å². The summed E-state index contributed by atoms with van der Waals surface area (Å²) in [6.45, 7) is 4.29. The molecule has 4 rings (SSSR count). The van der Waals surface area contributed by atoms with E-state index >= 15 is 0 Å². The quantitative estimate of drug-likeness (QED) is 0.487. The first-order valence-electron chi connectivity index (χ1n) is 9.65. The van der Waals surface area contributed by atoms with E-state index in [0.717, 1.165) is 57.8 Å². The number of rotatable bonds is 5. The third-order valence-electron chi connectivity index (χ3n) is 5.60. The Morgan fingerprint density at radius 3 is 2.62 bits per heavy atom. The van der Waals surface area contributed by atoms with Crippen molar-refractivity contribution in [3.05, 3.63) is 63.5 Å². The van der Waals surface area contributed by atoms with Gasteiger partial charge < -0.3 is 18.6 Å². The van der Waals surface area contributed by atoms with Crippen molar-refractivity contribution < 1.29 is 23.1 Å². The average Bonchev–Trinajstić information content (AvgIpc) is 2.71. The van der Waals surface area contributed by atoms with Crippen LogP contribution >= 0.6 is 0 Å². The van der Waals surface area contributed by atoms with Crippen LogP contribution in [0.15, 0.2) is 45.6 Å². The summed E-state index contributed by atoms with van der Waals surface area (Å²) in [5.41, 5.74) is 3.50. The van der Waals surface area contributed by atoms with Crippen molar-refractivity contribution in [2.45, 2.75) is 19.9 Å². The van der Waals surface area contributed by atoms with Gasteiger partial charge in [-0.25, -0.2) is 4.79 Å². The van der Waals surface area contributed by atoms with Crippen LogP contribution in [-0.4, -0.2) is 39.0 Å². The van der Waals surface area contributed by atoms with Crippen molar-refractivity contribution in [2.24, 2.45) is 0 Å². The van der Waals surface area contributed by atoms with Crippen LogP contribution in [0, 0.1) is 6.92 Å². The predicted molar refractivity (Wildman–Crippen MR) is 111 cm³/mol. The Morgan fingerprint density at radius 2 is 1.86 bits per heavy atom. The summed E-state index contributed by atoms with van der Waals surface area (Å²) in [5.74, 6) is 2.28. The lowest BCUT2D eigenvalue weighted by Crippen LogP contribution is -2.49. The molecule has 2 heterocycles. The van der Waals surface area contributed by atoms with Gasteiger partial charge in [0, 0.05) is 29.5 Å². The van der Waals surface area contributed by atoms with Gasteiger partial charge in [-0.05, 0) is 36.2 Å². The van der Waals surface area contributed by atoms with Gasteiger partial charge in [0.15, 0.2) is 11.5 Å². The number of benzene rings is 2. The van der Waals surface area contributed by atoms with Crippen LogP contribution in [0.25, 0.3) is 11.0 Å². The molecule has 0 fully saturated rings. The zero-order valence-electron chi connectivity index (χ0n) is 17.3. The van der Waals surface area contributed by atoms with E-state index in [4.69, 9.17) is 18.6 Å². The molecule has 1 aliphatic heterocycles. The van der Waals surface area contributed by atoms with E-state index in [1.807, 2.05) is 25.1 Å². The van der Waals surface area contributed by atoms with E-state index in [1.165, 1.54) is 11.6 Å². The molecule has 29 heavy (non-hydrogen) atoms. The van der Waals surface area contributed by atoms with Crippen molar-refractivity contribution >= 4 is 11.0 Å². The van der Waals surface area contributed by atoms with Crippen LogP contribution in [0.3, 0.4) is 0 Å². The molecule has 6 nitrogen and oxygen atoms in total. The number of fused-ring (bicyclic) bond motifs is 2. The topological polar surface area (TPSA) is 57.9 Å². The SMILES string of the molecule is COc1ccc(CC[N+]2(C)COc3cc4oc(=O)cc(C)c4cc3C2)cc1OC. The summed E-state index contributed by atoms with van der Waals surface area (Å²) in [6, 6.07) is 11.5. The van der Waals surface area contributed by atoms with Gasteiger partial charge >= 0.3 is 5.63 Å². The number of quaternary nitrogens is 1. The zero-order valence-corrected chi connectivity index (χ0v) is 17.3. The van der Waals surface area contributed by atoms with E-state index in [0.29, 0.717) is 12.3 Å². The van der Waals surface area contributed by atoms with Crippen molar-refractivity contribution in [1.29, 1.82) is 0 Å². The van der Waals surface area contributed by atoms with Gasteiger partial charge in [0.25, 0.3) is 0 Å². The maximum absolute atomic E-state index is 11.7. The van der Waals surface area contributed by atoms with Crippen molar-refractivity contribution in [3.63, 3.8) is 0 Å². The Hall–Kier alpha value is -2.99. The van der Waals surface area contributed by atoms with Gasteiger partial charge in [0.1, 0.15) is 17.9 Å². The highest BCUT2D eigenvalue weighted by molar-refractivity contribution is 5.82. The molecule has 152 valence electrons. The fraction of sp³-hybridized carbons (Fsp3) is 0.348. The molecule has 2 aromatic carbocycles. The average molecular weight is 396 g/mol. The molecular weight excluding hydrogens is 370 g/mol. The largest absolute Gasteiger partial charge is 0.493 e. The van der Waals surface area contributed by atoms with Crippen molar-refractivity contribution in [3.8, 4) is 17.2 Å².